The molecule has 0 unspecified atom stereocenters. The summed E-state index contributed by atoms with van der Waals surface area (Å²) in [5.74, 6) is -1.35. The normalized spacial score (nSPS) is 10.7. The van der Waals surface area contributed by atoms with E-state index in [-0.39, 0.29) is 29.5 Å². The molecule has 0 aliphatic carbocycles. The summed E-state index contributed by atoms with van der Waals surface area (Å²) in [7, 11) is 1.22. The number of halogens is 1. The number of benzene rings is 1. The number of methoxy groups -OCH3 is 1. The number of hydrogen-bond donors (Lipinski definition) is 1. The van der Waals surface area contributed by atoms with Crippen molar-refractivity contribution >= 4 is 17.7 Å². The molecule has 0 bridgehead atoms. The third-order valence-corrected chi connectivity index (χ3v) is 3.59. The first kappa shape index (κ1) is 16.5. The number of carbonyl (C=O) groups excluding carboxylic acids is 2. The van der Waals surface area contributed by atoms with Gasteiger partial charge in [-0.3, -0.25) is 9.20 Å². The Labute approximate surface area is 141 Å². The third-order valence-electron chi connectivity index (χ3n) is 3.59. The molecule has 3 rings (SSSR count). The number of nitrogens with one attached hydrogen (secondary N) is 1. The average molecular weight is 343 g/mol. The van der Waals surface area contributed by atoms with Crippen LogP contribution in [0.25, 0.3) is 5.78 Å². The SMILES string of the molecule is COC(=O)c1cc(C(=O)NCc2ccc(F)c(C)c2)n2cnnc2n1. The van der Waals surface area contributed by atoms with Gasteiger partial charge in [0.1, 0.15) is 17.8 Å². The van der Waals surface area contributed by atoms with Crippen LogP contribution in [0.2, 0.25) is 0 Å². The zero-order valence-corrected chi connectivity index (χ0v) is 13.5. The molecule has 1 amide bonds. The van der Waals surface area contributed by atoms with E-state index in [2.05, 4.69) is 25.2 Å². The molecule has 0 fully saturated rings. The summed E-state index contributed by atoms with van der Waals surface area (Å²) >= 11 is 0. The quantitative estimate of drug-likeness (QED) is 0.717. The van der Waals surface area contributed by atoms with Gasteiger partial charge in [0.25, 0.3) is 11.7 Å². The van der Waals surface area contributed by atoms with Crippen molar-refractivity contribution < 1.29 is 18.7 Å². The van der Waals surface area contributed by atoms with E-state index in [1.165, 1.54) is 30.0 Å². The van der Waals surface area contributed by atoms with Crippen LogP contribution in [0.15, 0.2) is 30.6 Å². The highest BCUT2D eigenvalue weighted by atomic mass is 19.1. The first-order valence-electron chi connectivity index (χ1n) is 7.32. The van der Waals surface area contributed by atoms with E-state index >= 15 is 0 Å². The van der Waals surface area contributed by atoms with Crippen LogP contribution < -0.4 is 5.32 Å². The van der Waals surface area contributed by atoms with Crippen molar-refractivity contribution in [3.8, 4) is 0 Å². The topological polar surface area (TPSA) is 98.5 Å². The van der Waals surface area contributed by atoms with Crippen LogP contribution in [0.1, 0.15) is 32.1 Å². The first-order valence-corrected chi connectivity index (χ1v) is 7.32. The van der Waals surface area contributed by atoms with E-state index in [0.717, 1.165) is 5.56 Å². The number of ether oxygens (including phenoxy) is 1. The molecule has 0 spiro atoms. The van der Waals surface area contributed by atoms with E-state index in [1.807, 2.05) is 0 Å². The van der Waals surface area contributed by atoms with Gasteiger partial charge in [0, 0.05) is 12.6 Å². The molecule has 0 saturated carbocycles. The maximum Gasteiger partial charge on any atom is 0.356 e. The van der Waals surface area contributed by atoms with Gasteiger partial charge in [-0.15, -0.1) is 10.2 Å². The molecule has 9 heteroatoms. The minimum absolute atomic E-state index is 0.0502. The van der Waals surface area contributed by atoms with Gasteiger partial charge in [-0.1, -0.05) is 12.1 Å². The van der Waals surface area contributed by atoms with Crippen molar-refractivity contribution in [2.24, 2.45) is 0 Å². The number of fused-ring (bicyclic) bond motifs is 1. The van der Waals surface area contributed by atoms with Gasteiger partial charge in [-0.05, 0) is 24.1 Å². The van der Waals surface area contributed by atoms with Crippen molar-refractivity contribution in [1.82, 2.24) is 24.9 Å². The van der Waals surface area contributed by atoms with Crippen LogP contribution in [0.4, 0.5) is 4.39 Å². The van der Waals surface area contributed by atoms with E-state index in [0.29, 0.717) is 5.56 Å². The standard InChI is InChI=1S/C16H14FN5O3/c1-9-5-10(3-4-11(9)17)7-18-14(23)13-6-12(15(24)25-2)20-16-21-19-8-22(13)16/h3-6,8H,7H2,1-2H3,(H,18,23). The second kappa shape index (κ2) is 6.63. The van der Waals surface area contributed by atoms with Crippen LogP contribution in [0.3, 0.4) is 0 Å². The number of esters is 1. The number of carbonyl (C=O) groups is 2. The smallest absolute Gasteiger partial charge is 0.356 e. The number of aromatic nitrogens is 4. The largest absolute Gasteiger partial charge is 0.464 e. The van der Waals surface area contributed by atoms with Crippen molar-refractivity contribution in [1.29, 1.82) is 0 Å². The summed E-state index contributed by atoms with van der Waals surface area (Å²) in [5, 5.41) is 10.1. The molecule has 128 valence electrons. The molecule has 0 atom stereocenters. The molecule has 1 aromatic carbocycles. The molecule has 3 aromatic rings. The third kappa shape index (κ3) is 3.30. The Kier molecular flexibility index (Phi) is 4.38. The molecule has 2 aromatic heterocycles. The van der Waals surface area contributed by atoms with Crippen LogP contribution in [-0.4, -0.2) is 38.6 Å². The fourth-order valence-electron chi connectivity index (χ4n) is 2.29. The Bertz CT molecular complexity index is 970. The predicted molar refractivity (Wildman–Crippen MR) is 84.4 cm³/mol. The number of aryl methyl sites for hydroxylation is 1. The highest BCUT2D eigenvalue weighted by molar-refractivity contribution is 5.96. The lowest BCUT2D eigenvalue weighted by Crippen LogP contribution is -2.26. The molecule has 1 N–H and O–H groups in total. The lowest BCUT2D eigenvalue weighted by atomic mass is 10.1. The van der Waals surface area contributed by atoms with Gasteiger partial charge in [-0.25, -0.2) is 14.2 Å². The second-order valence-corrected chi connectivity index (χ2v) is 5.29. The number of hydrogen-bond acceptors (Lipinski definition) is 6. The van der Waals surface area contributed by atoms with Gasteiger partial charge in [0.05, 0.1) is 7.11 Å². The molecule has 25 heavy (non-hydrogen) atoms. The summed E-state index contributed by atoms with van der Waals surface area (Å²) in [6.45, 7) is 1.84. The average Bonchev–Trinajstić information content (AvgIpc) is 3.09. The van der Waals surface area contributed by atoms with Crippen LogP contribution in [-0.2, 0) is 11.3 Å². The minimum atomic E-state index is -0.686. The summed E-state index contributed by atoms with van der Waals surface area (Å²) in [6.07, 6.45) is 1.32. The Hall–Kier alpha value is -3.36. The molecular weight excluding hydrogens is 329 g/mol. The highest BCUT2D eigenvalue weighted by Crippen LogP contribution is 2.11. The van der Waals surface area contributed by atoms with Crippen molar-refractivity contribution in [3.63, 3.8) is 0 Å². The van der Waals surface area contributed by atoms with E-state index in [4.69, 9.17) is 0 Å². The second-order valence-electron chi connectivity index (χ2n) is 5.29. The monoisotopic (exact) mass is 343 g/mol. The molecule has 0 radical (unpaired) electrons. The Balaban J connectivity index is 1.87. The summed E-state index contributed by atoms with van der Waals surface area (Å²) < 4.78 is 19.3. The maximum atomic E-state index is 13.3. The van der Waals surface area contributed by atoms with Crippen molar-refractivity contribution in [2.75, 3.05) is 7.11 Å². The highest BCUT2D eigenvalue weighted by Gasteiger charge is 2.18. The van der Waals surface area contributed by atoms with Crippen LogP contribution in [0.5, 0.6) is 0 Å². The predicted octanol–water partition coefficient (Wildman–Crippen LogP) is 1.29. The van der Waals surface area contributed by atoms with E-state index in [1.54, 1.807) is 19.1 Å². The first-order chi connectivity index (χ1) is 12.0. The van der Waals surface area contributed by atoms with Crippen LogP contribution in [0, 0.1) is 12.7 Å². The van der Waals surface area contributed by atoms with E-state index in [9.17, 15) is 14.0 Å². The zero-order valence-electron chi connectivity index (χ0n) is 13.5. The fraction of sp³-hybridized carbons (Fsp3) is 0.188. The van der Waals surface area contributed by atoms with Gasteiger partial charge in [-0.2, -0.15) is 0 Å². The zero-order chi connectivity index (χ0) is 18.0. The lowest BCUT2D eigenvalue weighted by Gasteiger charge is -2.09. The Morgan fingerprint density at radius 3 is 2.84 bits per heavy atom. The Morgan fingerprint density at radius 2 is 2.12 bits per heavy atom. The summed E-state index contributed by atoms with van der Waals surface area (Å²) in [5.41, 5.74) is 1.32. The summed E-state index contributed by atoms with van der Waals surface area (Å²) in [4.78, 5) is 28.2. The van der Waals surface area contributed by atoms with Gasteiger partial charge >= 0.3 is 5.97 Å². The van der Waals surface area contributed by atoms with Gasteiger partial charge in [0.15, 0.2) is 5.69 Å². The number of nitrogens with zero attached hydrogens (tertiary/aromatic N) is 4. The molecule has 2 heterocycles. The van der Waals surface area contributed by atoms with E-state index < -0.39 is 11.9 Å². The molecular formula is C16H14FN5O3. The molecule has 8 nitrogen and oxygen atoms in total. The Morgan fingerprint density at radius 1 is 1.32 bits per heavy atom. The lowest BCUT2D eigenvalue weighted by molar-refractivity contribution is 0.0594. The molecule has 0 aliphatic rings. The van der Waals surface area contributed by atoms with Crippen LogP contribution >= 0.6 is 0 Å². The van der Waals surface area contributed by atoms with Gasteiger partial charge < -0.3 is 10.1 Å². The molecule has 0 aliphatic heterocycles. The minimum Gasteiger partial charge on any atom is -0.464 e. The number of rotatable bonds is 4. The van der Waals surface area contributed by atoms with Crippen molar-refractivity contribution in [2.45, 2.75) is 13.5 Å². The maximum absolute atomic E-state index is 13.3. The molecule has 0 saturated heterocycles. The number of amides is 1. The van der Waals surface area contributed by atoms with Crippen molar-refractivity contribution in [3.05, 3.63) is 58.9 Å². The summed E-state index contributed by atoms with van der Waals surface area (Å²) in [6, 6.07) is 5.88. The fourth-order valence-corrected chi connectivity index (χ4v) is 2.29. The van der Waals surface area contributed by atoms with Gasteiger partial charge in [0.2, 0.25) is 0 Å².